The first-order valence-electron chi connectivity index (χ1n) is 8.88. The Bertz CT molecular complexity index is 722. The van der Waals surface area contributed by atoms with Crippen LogP contribution in [0.4, 0.5) is 0 Å². The molecule has 27 heavy (non-hydrogen) atoms. The maximum absolute atomic E-state index is 12.8. The summed E-state index contributed by atoms with van der Waals surface area (Å²) in [6.45, 7) is 2.75. The van der Waals surface area contributed by atoms with E-state index in [0.29, 0.717) is 13.2 Å². The summed E-state index contributed by atoms with van der Waals surface area (Å²) in [5.74, 6) is 0.948. The minimum absolute atomic E-state index is 0. The summed E-state index contributed by atoms with van der Waals surface area (Å²) in [4.78, 5) is 15.1. The van der Waals surface area contributed by atoms with Crippen molar-refractivity contribution >= 4 is 29.7 Å². The maximum atomic E-state index is 12.8. The molecule has 3 rings (SSSR count). The number of methoxy groups -OCH3 is 2. The van der Waals surface area contributed by atoms with Crippen LogP contribution >= 0.6 is 23.7 Å². The summed E-state index contributed by atoms with van der Waals surface area (Å²) >= 11 is 1.70. The van der Waals surface area contributed by atoms with E-state index >= 15 is 0 Å². The topological polar surface area (TPSA) is 59.6 Å². The molecule has 1 aromatic carbocycles. The highest BCUT2D eigenvalue weighted by atomic mass is 35.5. The summed E-state index contributed by atoms with van der Waals surface area (Å²) < 4.78 is 10.5. The van der Waals surface area contributed by atoms with Gasteiger partial charge in [0.15, 0.2) is 0 Å². The molecule has 0 unspecified atom stereocenters. The summed E-state index contributed by atoms with van der Waals surface area (Å²) in [5.41, 5.74) is 0.748. The lowest BCUT2D eigenvalue weighted by atomic mass is 9.78. The molecule has 0 saturated carbocycles. The van der Waals surface area contributed by atoms with E-state index in [-0.39, 0.29) is 18.3 Å². The summed E-state index contributed by atoms with van der Waals surface area (Å²) in [6, 6.07) is 12.2. The number of benzene rings is 1. The summed E-state index contributed by atoms with van der Waals surface area (Å²) in [7, 11) is 3.33. The van der Waals surface area contributed by atoms with Gasteiger partial charge in [0.1, 0.15) is 5.75 Å². The molecule has 1 aliphatic heterocycles. The number of thiophene rings is 1. The predicted octanol–water partition coefficient (Wildman–Crippen LogP) is 3.48. The fraction of sp³-hybridized carbons (Fsp3) is 0.450. The Hall–Kier alpha value is -1.60. The molecule has 7 heteroatoms. The second-order valence-corrected chi connectivity index (χ2v) is 7.81. The molecular weight excluding hydrogens is 384 g/mol. The highest BCUT2D eigenvalue weighted by Gasteiger charge is 2.39. The second-order valence-electron chi connectivity index (χ2n) is 6.64. The quantitative estimate of drug-likeness (QED) is 0.733. The van der Waals surface area contributed by atoms with Crippen LogP contribution in [0.25, 0.3) is 10.4 Å². The normalized spacial score (nSPS) is 15.6. The average molecular weight is 411 g/mol. The smallest absolute Gasteiger partial charge is 0.228 e. The zero-order valence-electron chi connectivity index (χ0n) is 15.7. The number of piperidine rings is 1. The van der Waals surface area contributed by atoms with Crippen LogP contribution in [0.5, 0.6) is 5.75 Å². The Morgan fingerprint density at radius 2 is 1.85 bits per heavy atom. The van der Waals surface area contributed by atoms with Crippen LogP contribution in [0.3, 0.4) is 0 Å². The fourth-order valence-electron chi connectivity index (χ4n) is 3.36. The molecule has 0 spiro atoms. The van der Waals surface area contributed by atoms with Crippen molar-refractivity contribution in [3.05, 3.63) is 41.3 Å². The lowest BCUT2D eigenvalue weighted by Gasteiger charge is -2.35. The molecule has 2 heterocycles. The number of rotatable bonds is 7. The van der Waals surface area contributed by atoms with Crippen LogP contribution in [0.15, 0.2) is 36.4 Å². The summed E-state index contributed by atoms with van der Waals surface area (Å²) in [6.07, 6.45) is 1.63. The van der Waals surface area contributed by atoms with Gasteiger partial charge in [-0.1, -0.05) is 0 Å². The third-order valence-electron chi connectivity index (χ3n) is 4.92. The minimum atomic E-state index is -0.407. The van der Waals surface area contributed by atoms with Crippen LogP contribution in [0.2, 0.25) is 0 Å². The van der Waals surface area contributed by atoms with Crippen molar-refractivity contribution in [1.82, 2.24) is 10.6 Å². The molecule has 2 aromatic rings. The van der Waals surface area contributed by atoms with Gasteiger partial charge in [0, 0.05) is 16.9 Å². The van der Waals surface area contributed by atoms with Gasteiger partial charge < -0.3 is 20.1 Å². The van der Waals surface area contributed by atoms with Gasteiger partial charge in [-0.15, -0.1) is 23.7 Å². The van der Waals surface area contributed by atoms with Gasteiger partial charge in [0.05, 0.1) is 25.7 Å². The van der Waals surface area contributed by atoms with Crippen LogP contribution in [-0.4, -0.2) is 39.8 Å². The monoisotopic (exact) mass is 410 g/mol. The maximum Gasteiger partial charge on any atom is 0.228 e. The molecule has 1 amide bonds. The molecule has 1 aromatic heterocycles. The van der Waals surface area contributed by atoms with E-state index in [4.69, 9.17) is 9.47 Å². The number of hydrogen-bond acceptors (Lipinski definition) is 5. The first-order valence-corrected chi connectivity index (χ1v) is 9.70. The lowest BCUT2D eigenvalue weighted by Crippen LogP contribution is -2.49. The van der Waals surface area contributed by atoms with E-state index < -0.39 is 5.41 Å². The van der Waals surface area contributed by atoms with Gasteiger partial charge in [0.25, 0.3) is 0 Å². The Morgan fingerprint density at radius 3 is 2.48 bits per heavy atom. The summed E-state index contributed by atoms with van der Waals surface area (Å²) in [5, 5.41) is 6.43. The van der Waals surface area contributed by atoms with E-state index in [1.807, 2.05) is 12.1 Å². The first-order chi connectivity index (χ1) is 12.7. The van der Waals surface area contributed by atoms with Crippen LogP contribution < -0.4 is 15.4 Å². The standard InChI is InChI=1S/C20H26N2O3S.ClH/c1-24-14-20(9-11-21-12-10-20)19(23)22-13-17-7-8-18(26-17)15-3-5-16(25-2)6-4-15;/h3-8,21H,9-14H2,1-2H3,(H,22,23);1H. The number of hydrogen-bond donors (Lipinski definition) is 2. The van der Waals surface area contributed by atoms with Crippen LogP contribution in [0, 0.1) is 5.41 Å². The number of carbonyl (C=O) groups excluding carboxylic acids is 1. The third kappa shape index (κ3) is 5.23. The first kappa shape index (κ1) is 21.7. The van der Waals surface area contributed by atoms with E-state index in [1.165, 1.54) is 4.88 Å². The van der Waals surface area contributed by atoms with Crippen molar-refractivity contribution in [2.45, 2.75) is 19.4 Å². The predicted molar refractivity (Wildman–Crippen MR) is 112 cm³/mol. The molecule has 148 valence electrons. The molecular formula is C20H27ClN2O3S. The molecule has 1 fully saturated rings. The number of nitrogens with one attached hydrogen (secondary N) is 2. The molecule has 5 nitrogen and oxygen atoms in total. The average Bonchev–Trinajstić information content (AvgIpc) is 3.16. The fourth-order valence-corrected chi connectivity index (χ4v) is 4.31. The van der Waals surface area contributed by atoms with Gasteiger partial charge in [-0.05, 0) is 67.9 Å². The minimum Gasteiger partial charge on any atom is -0.497 e. The second kappa shape index (κ2) is 10.1. The molecule has 0 atom stereocenters. The van der Waals surface area contributed by atoms with Gasteiger partial charge in [-0.25, -0.2) is 0 Å². The number of ether oxygens (including phenoxy) is 2. The van der Waals surface area contributed by atoms with Crippen molar-refractivity contribution in [1.29, 1.82) is 0 Å². The van der Waals surface area contributed by atoms with Crippen LogP contribution in [0.1, 0.15) is 17.7 Å². The Labute approximate surface area is 170 Å². The Morgan fingerprint density at radius 1 is 1.15 bits per heavy atom. The zero-order chi connectivity index (χ0) is 18.4. The number of halogens is 1. The van der Waals surface area contributed by atoms with Crippen molar-refractivity contribution in [3.63, 3.8) is 0 Å². The molecule has 0 bridgehead atoms. The highest BCUT2D eigenvalue weighted by molar-refractivity contribution is 7.15. The van der Waals surface area contributed by atoms with E-state index in [2.05, 4.69) is 34.9 Å². The van der Waals surface area contributed by atoms with E-state index in [0.717, 1.165) is 42.1 Å². The molecule has 0 aliphatic carbocycles. The molecule has 2 N–H and O–H groups in total. The van der Waals surface area contributed by atoms with Gasteiger partial charge in [-0.2, -0.15) is 0 Å². The molecule has 1 aliphatic rings. The zero-order valence-corrected chi connectivity index (χ0v) is 17.4. The molecule has 0 radical (unpaired) electrons. The SMILES string of the molecule is COCC1(C(=O)NCc2ccc(-c3ccc(OC)cc3)s2)CCNCC1.Cl. The van der Waals surface area contributed by atoms with Crippen molar-refractivity contribution in [3.8, 4) is 16.2 Å². The van der Waals surface area contributed by atoms with Crippen molar-refractivity contribution < 1.29 is 14.3 Å². The molecule has 1 saturated heterocycles. The number of amides is 1. The lowest BCUT2D eigenvalue weighted by molar-refractivity contribution is -0.136. The largest absolute Gasteiger partial charge is 0.497 e. The number of carbonyl (C=O) groups is 1. The van der Waals surface area contributed by atoms with Gasteiger partial charge in [-0.3, -0.25) is 4.79 Å². The van der Waals surface area contributed by atoms with Crippen molar-refractivity contribution in [2.24, 2.45) is 5.41 Å². The third-order valence-corrected chi connectivity index (χ3v) is 6.06. The Kier molecular flexibility index (Phi) is 8.10. The Balaban J connectivity index is 0.00000261. The van der Waals surface area contributed by atoms with Crippen LogP contribution in [-0.2, 0) is 16.1 Å². The van der Waals surface area contributed by atoms with E-state index in [1.54, 1.807) is 25.6 Å². The van der Waals surface area contributed by atoms with Gasteiger partial charge >= 0.3 is 0 Å². The van der Waals surface area contributed by atoms with E-state index in [9.17, 15) is 4.79 Å². The van der Waals surface area contributed by atoms with Crippen molar-refractivity contribution in [2.75, 3.05) is 33.9 Å². The van der Waals surface area contributed by atoms with Gasteiger partial charge in [0.2, 0.25) is 5.91 Å². The highest BCUT2D eigenvalue weighted by Crippen LogP contribution is 2.31.